The summed E-state index contributed by atoms with van der Waals surface area (Å²) in [7, 11) is 1.72. The molecule has 1 aliphatic carbocycles. The van der Waals surface area contributed by atoms with Crippen LogP contribution in [-0.4, -0.2) is 30.2 Å². The fourth-order valence-corrected chi connectivity index (χ4v) is 2.81. The molecule has 2 rings (SSSR count). The van der Waals surface area contributed by atoms with Crippen LogP contribution in [-0.2, 0) is 11.3 Å². The molecule has 1 fully saturated rings. The van der Waals surface area contributed by atoms with E-state index in [1.807, 2.05) is 12.3 Å². The quantitative estimate of drug-likeness (QED) is 0.812. The van der Waals surface area contributed by atoms with Crippen molar-refractivity contribution >= 4 is 0 Å². The van der Waals surface area contributed by atoms with Gasteiger partial charge in [-0.05, 0) is 18.9 Å². The van der Waals surface area contributed by atoms with Crippen LogP contribution in [0.3, 0.4) is 0 Å². The zero-order valence-electron chi connectivity index (χ0n) is 12.6. The van der Waals surface area contributed by atoms with E-state index in [-0.39, 0.29) is 0 Å². The summed E-state index contributed by atoms with van der Waals surface area (Å²) in [6, 6.07) is 2.01. The Balaban J connectivity index is 1.89. The van der Waals surface area contributed by atoms with Gasteiger partial charge in [-0.3, -0.25) is 0 Å². The van der Waals surface area contributed by atoms with Crippen LogP contribution in [0.15, 0.2) is 12.3 Å². The van der Waals surface area contributed by atoms with Crippen molar-refractivity contribution in [2.24, 2.45) is 0 Å². The first-order chi connectivity index (χ1) is 9.90. The lowest BCUT2D eigenvalue weighted by molar-refractivity contribution is 0.199. The Bertz CT molecular complexity index is 376. The van der Waals surface area contributed by atoms with Crippen molar-refractivity contribution in [2.75, 3.05) is 20.3 Å². The number of ether oxygens (including phenoxy) is 1. The highest BCUT2D eigenvalue weighted by molar-refractivity contribution is 5.06. The molecule has 1 saturated carbocycles. The molecule has 0 radical (unpaired) electrons. The van der Waals surface area contributed by atoms with E-state index in [2.05, 4.69) is 10.3 Å². The average Bonchev–Trinajstić information content (AvgIpc) is 2.44. The minimum Gasteiger partial charge on any atom is -0.383 e. The Kier molecular flexibility index (Phi) is 6.95. The zero-order chi connectivity index (χ0) is 14.0. The molecule has 112 valence electrons. The number of nitrogens with one attached hydrogen (secondary N) is 1. The minimum absolute atomic E-state index is 0.564. The van der Waals surface area contributed by atoms with Gasteiger partial charge in [0.1, 0.15) is 5.82 Å². The molecule has 0 atom stereocenters. The van der Waals surface area contributed by atoms with Crippen molar-refractivity contribution in [3.05, 3.63) is 23.8 Å². The van der Waals surface area contributed by atoms with E-state index in [9.17, 15) is 0 Å². The summed E-state index contributed by atoms with van der Waals surface area (Å²) in [5, 5.41) is 3.34. The van der Waals surface area contributed by atoms with E-state index in [0.717, 1.165) is 31.2 Å². The van der Waals surface area contributed by atoms with Crippen LogP contribution in [0.2, 0.25) is 0 Å². The second-order valence-corrected chi connectivity index (χ2v) is 5.62. The standard InChI is InChI=1S/C16H27N3O/c1-20-12-11-17-13-15-9-10-18-16(19-15)14-7-5-3-2-4-6-8-14/h9-10,14,17H,2-8,11-13H2,1H3. The fourth-order valence-electron chi connectivity index (χ4n) is 2.81. The molecule has 0 bridgehead atoms. The molecule has 0 amide bonds. The summed E-state index contributed by atoms with van der Waals surface area (Å²) in [6.45, 7) is 2.39. The summed E-state index contributed by atoms with van der Waals surface area (Å²) in [5.74, 6) is 1.62. The SMILES string of the molecule is COCCNCc1ccnc(C2CCCCCCC2)n1. The van der Waals surface area contributed by atoms with Gasteiger partial charge in [0.25, 0.3) is 0 Å². The summed E-state index contributed by atoms with van der Waals surface area (Å²) in [4.78, 5) is 9.27. The number of aromatic nitrogens is 2. The van der Waals surface area contributed by atoms with Gasteiger partial charge in [0.15, 0.2) is 0 Å². The third-order valence-corrected chi connectivity index (χ3v) is 3.99. The molecular formula is C16H27N3O. The molecule has 1 N–H and O–H groups in total. The van der Waals surface area contributed by atoms with E-state index < -0.39 is 0 Å². The van der Waals surface area contributed by atoms with Crippen LogP contribution in [0.4, 0.5) is 0 Å². The lowest BCUT2D eigenvalue weighted by atomic mass is 9.90. The Hall–Kier alpha value is -1.00. The molecule has 1 aromatic heterocycles. The van der Waals surface area contributed by atoms with Crippen molar-refractivity contribution < 1.29 is 4.74 Å². The highest BCUT2D eigenvalue weighted by Gasteiger charge is 2.16. The van der Waals surface area contributed by atoms with Gasteiger partial charge in [-0.2, -0.15) is 0 Å². The van der Waals surface area contributed by atoms with Gasteiger partial charge in [-0.1, -0.05) is 32.1 Å². The molecule has 1 aliphatic rings. The molecule has 4 nitrogen and oxygen atoms in total. The largest absolute Gasteiger partial charge is 0.383 e. The van der Waals surface area contributed by atoms with Crippen molar-refractivity contribution in [3.63, 3.8) is 0 Å². The fraction of sp³-hybridized carbons (Fsp3) is 0.750. The Morgan fingerprint density at radius 3 is 2.70 bits per heavy atom. The molecule has 1 heterocycles. The van der Waals surface area contributed by atoms with Crippen LogP contribution >= 0.6 is 0 Å². The summed E-state index contributed by atoms with van der Waals surface area (Å²) >= 11 is 0. The molecule has 1 aromatic rings. The van der Waals surface area contributed by atoms with E-state index >= 15 is 0 Å². The maximum Gasteiger partial charge on any atom is 0.131 e. The van der Waals surface area contributed by atoms with Gasteiger partial charge < -0.3 is 10.1 Å². The van der Waals surface area contributed by atoms with Crippen molar-refractivity contribution in [1.82, 2.24) is 15.3 Å². The number of nitrogens with zero attached hydrogens (tertiary/aromatic N) is 2. The van der Waals surface area contributed by atoms with Gasteiger partial charge in [0, 0.05) is 32.3 Å². The average molecular weight is 277 g/mol. The van der Waals surface area contributed by atoms with E-state index in [1.54, 1.807) is 7.11 Å². The predicted octanol–water partition coefficient (Wildman–Crippen LogP) is 3.04. The van der Waals surface area contributed by atoms with E-state index in [4.69, 9.17) is 9.72 Å². The number of hydrogen-bond acceptors (Lipinski definition) is 4. The Morgan fingerprint density at radius 2 is 1.95 bits per heavy atom. The van der Waals surface area contributed by atoms with Gasteiger partial charge >= 0.3 is 0 Å². The molecule has 0 saturated heterocycles. The predicted molar refractivity (Wildman–Crippen MR) is 80.7 cm³/mol. The number of rotatable bonds is 6. The Labute approximate surface area is 122 Å². The van der Waals surface area contributed by atoms with Crippen molar-refractivity contribution in [2.45, 2.75) is 57.4 Å². The first-order valence-electron chi connectivity index (χ1n) is 7.91. The molecule has 0 unspecified atom stereocenters. The van der Waals surface area contributed by atoms with Crippen LogP contribution in [0.5, 0.6) is 0 Å². The van der Waals surface area contributed by atoms with Crippen LogP contribution < -0.4 is 5.32 Å². The Morgan fingerprint density at radius 1 is 1.20 bits per heavy atom. The van der Waals surface area contributed by atoms with Crippen molar-refractivity contribution in [3.8, 4) is 0 Å². The number of methoxy groups -OCH3 is 1. The smallest absolute Gasteiger partial charge is 0.131 e. The first-order valence-corrected chi connectivity index (χ1v) is 7.91. The van der Waals surface area contributed by atoms with E-state index in [0.29, 0.717) is 5.92 Å². The lowest BCUT2D eigenvalue weighted by Gasteiger charge is -2.18. The maximum absolute atomic E-state index is 5.03. The molecular weight excluding hydrogens is 250 g/mol. The molecule has 0 aromatic carbocycles. The molecule has 0 spiro atoms. The summed E-state index contributed by atoms with van der Waals surface area (Å²) in [5.41, 5.74) is 1.09. The number of hydrogen-bond donors (Lipinski definition) is 1. The van der Waals surface area contributed by atoms with Crippen LogP contribution in [0.1, 0.15) is 62.4 Å². The molecule has 20 heavy (non-hydrogen) atoms. The summed E-state index contributed by atoms with van der Waals surface area (Å²) < 4.78 is 5.03. The summed E-state index contributed by atoms with van der Waals surface area (Å²) in [6.07, 6.45) is 11.2. The third kappa shape index (κ3) is 5.17. The molecule has 4 heteroatoms. The van der Waals surface area contributed by atoms with Gasteiger partial charge in [-0.15, -0.1) is 0 Å². The van der Waals surface area contributed by atoms with Gasteiger partial charge in [-0.25, -0.2) is 9.97 Å². The topological polar surface area (TPSA) is 47.0 Å². The highest BCUT2D eigenvalue weighted by Crippen LogP contribution is 2.28. The van der Waals surface area contributed by atoms with E-state index in [1.165, 1.54) is 44.9 Å². The second-order valence-electron chi connectivity index (χ2n) is 5.62. The lowest BCUT2D eigenvalue weighted by Crippen LogP contribution is -2.20. The normalized spacial score (nSPS) is 17.6. The molecule has 0 aliphatic heterocycles. The second kappa shape index (κ2) is 9.03. The van der Waals surface area contributed by atoms with Crippen LogP contribution in [0, 0.1) is 0 Å². The maximum atomic E-state index is 5.03. The van der Waals surface area contributed by atoms with Gasteiger partial charge in [0.05, 0.1) is 12.3 Å². The van der Waals surface area contributed by atoms with Gasteiger partial charge in [0.2, 0.25) is 0 Å². The van der Waals surface area contributed by atoms with Crippen molar-refractivity contribution in [1.29, 1.82) is 0 Å². The minimum atomic E-state index is 0.564. The monoisotopic (exact) mass is 277 g/mol. The highest BCUT2D eigenvalue weighted by atomic mass is 16.5. The first kappa shape index (κ1) is 15.4. The van der Waals surface area contributed by atoms with Crippen LogP contribution in [0.25, 0.3) is 0 Å². The zero-order valence-corrected chi connectivity index (χ0v) is 12.6. The third-order valence-electron chi connectivity index (χ3n) is 3.99.